The molecule has 0 aliphatic heterocycles. The molecule has 6 heteroatoms. The van der Waals surface area contributed by atoms with Crippen molar-refractivity contribution in [3.63, 3.8) is 0 Å². The van der Waals surface area contributed by atoms with Crippen molar-refractivity contribution in [2.75, 3.05) is 39.6 Å². The minimum Gasteiger partial charge on any atom is -0.446 e. The van der Waals surface area contributed by atoms with Crippen LogP contribution >= 0.6 is 0 Å². The lowest BCUT2D eigenvalue weighted by Crippen LogP contribution is -2.29. The van der Waals surface area contributed by atoms with E-state index in [1.54, 1.807) is 24.3 Å². The molecule has 134 valence electrons. The van der Waals surface area contributed by atoms with Crippen molar-refractivity contribution in [2.45, 2.75) is 27.7 Å². The van der Waals surface area contributed by atoms with Gasteiger partial charge in [-0.3, -0.25) is 9.80 Å². The highest BCUT2D eigenvalue weighted by Gasteiger charge is 2.20. The molecule has 24 heavy (non-hydrogen) atoms. The van der Waals surface area contributed by atoms with Crippen molar-refractivity contribution in [1.82, 2.24) is 9.80 Å². The van der Waals surface area contributed by atoms with E-state index in [0.717, 1.165) is 26.2 Å². The SMILES string of the molecule is CCN(CC)COC(=O)c1ccccc1C(=O)OCN(CC)CC. The molecule has 0 heterocycles. The van der Waals surface area contributed by atoms with Gasteiger partial charge >= 0.3 is 11.9 Å². The third-order valence-corrected chi connectivity index (χ3v) is 3.91. The molecule has 0 saturated carbocycles. The van der Waals surface area contributed by atoms with E-state index >= 15 is 0 Å². The molecule has 6 nitrogen and oxygen atoms in total. The molecule has 1 aromatic carbocycles. The van der Waals surface area contributed by atoms with Crippen LogP contribution in [0, 0.1) is 0 Å². The molecule has 0 bridgehead atoms. The second kappa shape index (κ2) is 10.8. The molecule has 0 radical (unpaired) electrons. The molecule has 0 saturated heterocycles. The van der Waals surface area contributed by atoms with Crippen LogP contribution in [-0.4, -0.2) is 61.4 Å². The molecular formula is C18H28N2O4. The molecule has 0 aliphatic rings. The third kappa shape index (κ3) is 5.94. The Morgan fingerprint density at radius 3 is 1.38 bits per heavy atom. The quantitative estimate of drug-likeness (QED) is 0.483. The molecule has 0 fully saturated rings. The summed E-state index contributed by atoms with van der Waals surface area (Å²) in [4.78, 5) is 28.5. The first-order valence-electron chi connectivity index (χ1n) is 8.45. The fraction of sp³-hybridized carbons (Fsp3) is 0.556. The number of rotatable bonds is 10. The number of ether oxygens (including phenoxy) is 2. The van der Waals surface area contributed by atoms with Crippen molar-refractivity contribution in [3.8, 4) is 0 Å². The van der Waals surface area contributed by atoms with E-state index in [1.165, 1.54) is 0 Å². The number of hydrogen-bond donors (Lipinski definition) is 0. The fourth-order valence-corrected chi connectivity index (χ4v) is 2.11. The van der Waals surface area contributed by atoms with Gasteiger partial charge in [-0.1, -0.05) is 39.8 Å². The highest BCUT2D eigenvalue weighted by atomic mass is 16.6. The summed E-state index contributed by atoms with van der Waals surface area (Å²) in [6.45, 7) is 11.5. The van der Waals surface area contributed by atoms with E-state index in [0.29, 0.717) is 0 Å². The maximum absolute atomic E-state index is 12.3. The third-order valence-electron chi connectivity index (χ3n) is 3.91. The number of carbonyl (C=O) groups excluding carboxylic acids is 2. The molecule has 0 aromatic heterocycles. The Labute approximate surface area is 144 Å². The van der Waals surface area contributed by atoms with Crippen LogP contribution in [0.15, 0.2) is 24.3 Å². The number of nitrogens with zero attached hydrogens (tertiary/aromatic N) is 2. The Hall–Kier alpha value is -1.92. The summed E-state index contributed by atoms with van der Waals surface area (Å²) >= 11 is 0. The molecule has 0 spiro atoms. The Balaban J connectivity index is 2.76. The number of esters is 2. The van der Waals surface area contributed by atoms with Crippen molar-refractivity contribution in [1.29, 1.82) is 0 Å². The van der Waals surface area contributed by atoms with Crippen LogP contribution in [-0.2, 0) is 9.47 Å². The topological polar surface area (TPSA) is 59.1 Å². The van der Waals surface area contributed by atoms with Crippen LogP contribution in [0.1, 0.15) is 48.4 Å². The highest BCUT2D eigenvalue weighted by molar-refractivity contribution is 6.03. The zero-order valence-electron chi connectivity index (χ0n) is 15.1. The standard InChI is InChI=1S/C18H28N2O4/c1-5-19(6-2)13-23-17(21)15-11-9-10-12-16(15)18(22)24-14-20(7-3)8-4/h9-12H,5-8,13-14H2,1-4H3. The molecule has 1 aromatic rings. The lowest BCUT2D eigenvalue weighted by molar-refractivity contribution is 0.0196. The maximum Gasteiger partial charge on any atom is 0.340 e. The highest BCUT2D eigenvalue weighted by Crippen LogP contribution is 2.12. The number of benzene rings is 1. The van der Waals surface area contributed by atoms with Gasteiger partial charge < -0.3 is 9.47 Å². The molecule has 0 atom stereocenters. The van der Waals surface area contributed by atoms with Gasteiger partial charge in [0, 0.05) is 0 Å². The Bertz CT molecular complexity index is 479. The summed E-state index contributed by atoms with van der Waals surface area (Å²) < 4.78 is 10.6. The van der Waals surface area contributed by atoms with E-state index in [4.69, 9.17) is 9.47 Å². The average molecular weight is 336 g/mol. The van der Waals surface area contributed by atoms with Crippen LogP contribution in [0.3, 0.4) is 0 Å². The molecule has 0 N–H and O–H groups in total. The summed E-state index contributed by atoms with van der Waals surface area (Å²) in [6.07, 6.45) is 0. The number of carbonyl (C=O) groups is 2. The lowest BCUT2D eigenvalue weighted by Gasteiger charge is -2.19. The summed E-state index contributed by atoms with van der Waals surface area (Å²) in [7, 11) is 0. The lowest BCUT2D eigenvalue weighted by atomic mass is 10.1. The van der Waals surface area contributed by atoms with Gasteiger partial charge in [0.25, 0.3) is 0 Å². The van der Waals surface area contributed by atoms with Crippen LogP contribution in [0.5, 0.6) is 0 Å². The first-order valence-corrected chi connectivity index (χ1v) is 8.45. The second-order valence-corrected chi connectivity index (χ2v) is 5.27. The van der Waals surface area contributed by atoms with Gasteiger partial charge in [0.2, 0.25) is 0 Å². The first-order chi connectivity index (χ1) is 11.6. The van der Waals surface area contributed by atoms with Crippen LogP contribution in [0.25, 0.3) is 0 Å². The monoisotopic (exact) mass is 336 g/mol. The summed E-state index contributed by atoms with van der Waals surface area (Å²) in [5.74, 6) is -1.03. The van der Waals surface area contributed by atoms with Gasteiger partial charge in [-0.2, -0.15) is 0 Å². The molecule has 1 rings (SSSR count). The Morgan fingerprint density at radius 2 is 1.08 bits per heavy atom. The van der Waals surface area contributed by atoms with Gasteiger partial charge in [-0.15, -0.1) is 0 Å². The largest absolute Gasteiger partial charge is 0.446 e. The minimum atomic E-state index is -0.516. The van der Waals surface area contributed by atoms with Gasteiger partial charge in [-0.05, 0) is 38.3 Å². The van der Waals surface area contributed by atoms with Crippen molar-refractivity contribution in [2.24, 2.45) is 0 Å². The molecule has 0 aliphatic carbocycles. The first kappa shape index (κ1) is 20.1. The zero-order valence-corrected chi connectivity index (χ0v) is 15.1. The summed E-state index contributed by atoms with van der Waals surface area (Å²) in [5, 5.41) is 0. The second-order valence-electron chi connectivity index (χ2n) is 5.27. The van der Waals surface area contributed by atoms with Crippen molar-refractivity contribution < 1.29 is 19.1 Å². The van der Waals surface area contributed by atoms with Gasteiger partial charge in [-0.25, -0.2) is 9.59 Å². The van der Waals surface area contributed by atoms with Crippen LogP contribution < -0.4 is 0 Å². The van der Waals surface area contributed by atoms with Crippen LogP contribution in [0.4, 0.5) is 0 Å². The Morgan fingerprint density at radius 1 is 0.750 bits per heavy atom. The average Bonchev–Trinajstić information content (AvgIpc) is 2.63. The number of hydrogen-bond acceptors (Lipinski definition) is 6. The van der Waals surface area contributed by atoms with Gasteiger partial charge in [0.15, 0.2) is 0 Å². The van der Waals surface area contributed by atoms with E-state index < -0.39 is 11.9 Å². The van der Waals surface area contributed by atoms with Gasteiger partial charge in [0.05, 0.1) is 11.1 Å². The van der Waals surface area contributed by atoms with Crippen molar-refractivity contribution >= 4 is 11.9 Å². The zero-order chi connectivity index (χ0) is 17.9. The van der Waals surface area contributed by atoms with Crippen LogP contribution in [0.2, 0.25) is 0 Å². The predicted molar refractivity (Wildman–Crippen MR) is 92.8 cm³/mol. The predicted octanol–water partition coefficient (Wildman–Crippen LogP) is 2.60. The Kier molecular flexibility index (Phi) is 9.04. The van der Waals surface area contributed by atoms with Crippen molar-refractivity contribution in [3.05, 3.63) is 35.4 Å². The van der Waals surface area contributed by atoms with E-state index in [2.05, 4.69) is 0 Å². The smallest absolute Gasteiger partial charge is 0.340 e. The summed E-state index contributed by atoms with van der Waals surface area (Å²) in [5.41, 5.74) is 0.461. The molecule has 0 unspecified atom stereocenters. The van der Waals surface area contributed by atoms with E-state index in [-0.39, 0.29) is 24.6 Å². The van der Waals surface area contributed by atoms with Gasteiger partial charge in [0.1, 0.15) is 13.5 Å². The molecular weight excluding hydrogens is 308 g/mol. The fourth-order valence-electron chi connectivity index (χ4n) is 2.11. The molecule has 0 amide bonds. The summed E-state index contributed by atoms with van der Waals surface area (Å²) in [6, 6.07) is 6.57. The minimum absolute atomic E-state index is 0.203. The normalized spacial score (nSPS) is 10.9. The van der Waals surface area contributed by atoms with E-state index in [9.17, 15) is 9.59 Å². The maximum atomic E-state index is 12.3. The van der Waals surface area contributed by atoms with E-state index in [1.807, 2.05) is 37.5 Å².